The second-order valence-electron chi connectivity index (χ2n) is 11.0. The van der Waals surface area contributed by atoms with Gasteiger partial charge in [-0.3, -0.25) is 0 Å². The first-order valence-corrected chi connectivity index (χ1v) is 13.6. The van der Waals surface area contributed by atoms with Gasteiger partial charge in [0.15, 0.2) is 11.6 Å². The van der Waals surface area contributed by atoms with Gasteiger partial charge in [-0.05, 0) is 97.8 Å². The van der Waals surface area contributed by atoms with E-state index in [1.807, 2.05) is 24.3 Å². The summed E-state index contributed by atoms with van der Waals surface area (Å²) in [6, 6.07) is 9.03. The first-order chi connectivity index (χ1) is 17.0. The van der Waals surface area contributed by atoms with Crippen molar-refractivity contribution in [1.29, 1.82) is 0 Å². The van der Waals surface area contributed by atoms with Gasteiger partial charge >= 0.3 is 0 Å². The Morgan fingerprint density at radius 2 is 1.37 bits per heavy atom. The summed E-state index contributed by atoms with van der Waals surface area (Å²) in [5.74, 6) is -0.0807. The van der Waals surface area contributed by atoms with Gasteiger partial charge in [0, 0.05) is 5.56 Å². The molecule has 1 unspecified atom stereocenters. The first kappa shape index (κ1) is 24.6. The first-order valence-electron chi connectivity index (χ1n) is 13.6. The maximum atomic E-state index is 15.2. The Morgan fingerprint density at radius 3 is 1.91 bits per heavy atom. The second kappa shape index (κ2) is 10.9. The summed E-state index contributed by atoms with van der Waals surface area (Å²) in [7, 11) is 0. The topological polar surface area (TPSA) is 12.5 Å². The molecule has 188 valence electrons. The molecule has 0 bridgehead atoms. The van der Waals surface area contributed by atoms with Crippen LogP contribution < -0.4 is 0 Å². The minimum atomic E-state index is -0.618. The lowest BCUT2D eigenvalue weighted by atomic mass is 9.75. The third kappa shape index (κ3) is 5.69. The second-order valence-corrected chi connectivity index (χ2v) is 11.0. The van der Waals surface area contributed by atoms with Crippen molar-refractivity contribution in [3.63, 3.8) is 0 Å². The van der Waals surface area contributed by atoms with Gasteiger partial charge in [0.05, 0.1) is 6.61 Å². The van der Waals surface area contributed by atoms with E-state index in [9.17, 15) is 4.39 Å². The van der Waals surface area contributed by atoms with Crippen molar-refractivity contribution in [2.75, 3.05) is 6.61 Å². The van der Waals surface area contributed by atoms with E-state index in [-0.39, 0.29) is 23.8 Å². The number of benzene rings is 2. The Kier molecular flexibility index (Phi) is 7.67. The Morgan fingerprint density at radius 1 is 0.800 bits per heavy atom. The fourth-order valence-corrected chi connectivity index (χ4v) is 6.39. The van der Waals surface area contributed by atoms with Crippen LogP contribution in [0.25, 0.3) is 6.08 Å². The Bertz CT molecular complexity index is 1040. The summed E-state index contributed by atoms with van der Waals surface area (Å²) in [6.07, 6.45) is 14.3. The Balaban J connectivity index is 1.17. The fourth-order valence-electron chi connectivity index (χ4n) is 6.39. The normalized spacial score (nSPS) is 29.0. The number of allylic oxidation sites excluding steroid dienone is 1. The van der Waals surface area contributed by atoms with Gasteiger partial charge in [-0.15, -0.1) is 0 Å². The third-order valence-electron chi connectivity index (χ3n) is 8.60. The summed E-state index contributed by atoms with van der Waals surface area (Å²) in [5.41, 5.74) is 2.62. The van der Waals surface area contributed by atoms with Crippen LogP contribution in [-0.4, -0.2) is 6.61 Å². The van der Waals surface area contributed by atoms with Crippen molar-refractivity contribution in [3.05, 3.63) is 76.1 Å². The lowest BCUT2D eigenvalue weighted by Gasteiger charge is -2.30. The molecule has 0 amide bonds. The predicted octanol–water partition coefficient (Wildman–Crippen LogP) is 9.24. The highest BCUT2D eigenvalue weighted by Crippen LogP contribution is 2.42. The minimum Gasteiger partial charge on any atom is -0.368 e. The van der Waals surface area contributed by atoms with Crippen LogP contribution in [0.5, 0.6) is 0 Å². The van der Waals surface area contributed by atoms with Crippen LogP contribution >= 0.6 is 0 Å². The summed E-state index contributed by atoms with van der Waals surface area (Å²) in [5, 5.41) is 0. The van der Waals surface area contributed by atoms with Crippen LogP contribution in [0.2, 0.25) is 0 Å². The molecule has 5 rings (SSSR count). The minimum absolute atomic E-state index is 0.0683. The molecule has 1 heterocycles. The van der Waals surface area contributed by atoms with Gasteiger partial charge < -0.3 is 4.74 Å². The molecule has 4 heteroatoms. The number of halogens is 3. The van der Waals surface area contributed by atoms with E-state index in [0.29, 0.717) is 29.2 Å². The molecule has 0 spiro atoms. The van der Waals surface area contributed by atoms with Crippen LogP contribution in [-0.2, 0) is 4.74 Å². The maximum Gasteiger partial charge on any atom is 0.162 e. The van der Waals surface area contributed by atoms with Gasteiger partial charge in [0.1, 0.15) is 11.9 Å². The zero-order valence-electron chi connectivity index (χ0n) is 20.7. The average Bonchev–Trinajstić information content (AvgIpc) is 3.71. The molecule has 1 nitrogen and oxygen atoms in total. The third-order valence-corrected chi connectivity index (χ3v) is 8.60. The number of rotatable bonds is 7. The van der Waals surface area contributed by atoms with Crippen molar-refractivity contribution in [2.45, 2.75) is 89.1 Å². The molecule has 3 fully saturated rings. The van der Waals surface area contributed by atoms with E-state index < -0.39 is 11.6 Å². The lowest BCUT2D eigenvalue weighted by Crippen LogP contribution is -2.17. The van der Waals surface area contributed by atoms with Crippen LogP contribution in [0.4, 0.5) is 13.2 Å². The van der Waals surface area contributed by atoms with Crippen molar-refractivity contribution in [2.24, 2.45) is 11.8 Å². The van der Waals surface area contributed by atoms with E-state index >= 15 is 8.78 Å². The number of ether oxygens (including phenoxy) is 1. The van der Waals surface area contributed by atoms with Crippen LogP contribution in [0.1, 0.15) is 111 Å². The Hall–Kier alpha value is -2.07. The zero-order chi connectivity index (χ0) is 24.4. The quantitative estimate of drug-likeness (QED) is 0.358. The number of hydrogen-bond acceptors (Lipinski definition) is 1. The average molecular weight is 483 g/mol. The molecule has 0 radical (unpaired) electrons. The highest BCUT2D eigenvalue weighted by molar-refractivity contribution is 5.51. The largest absolute Gasteiger partial charge is 0.368 e. The number of hydrogen-bond donors (Lipinski definition) is 0. The van der Waals surface area contributed by atoms with Crippen molar-refractivity contribution >= 4 is 6.08 Å². The van der Waals surface area contributed by atoms with Gasteiger partial charge in [-0.25, -0.2) is 13.2 Å². The predicted molar refractivity (Wildman–Crippen MR) is 135 cm³/mol. The smallest absolute Gasteiger partial charge is 0.162 e. The SMILES string of the molecule is CCCC1CCC(c2ccc(C3CCC(/C=C/c4ccc(C5CO5)c(F)c4)CC3)c(F)c2F)CC1. The van der Waals surface area contributed by atoms with Crippen molar-refractivity contribution in [1.82, 2.24) is 0 Å². The van der Waals surface area contributed by atoms with Crippen LogP contribution in [0.3, 0.4) is 0 Å². The molecule has 2 aliphatic carbocycles. The molecule has 35 heavy (non-hydrogen) atoms. The van der Waals surface area contributed by atoms with Crippen LogP contribution in [0.15, 0.2) is 36.4 Å². The highest BCUT2D eigenvalue weighted by Gasteiger charge is 2.30. The molecule has 3 aliphatic rings. The van der Waals surface area contributed by atoms with E-state index in [1.54, 1.807) is 12.1 Å². The van der Waals surface area contributed by atoms with E-state index in [2.05, 4.69) is 13.0 Å². The molecule has 1 aliphatic heterocycles. The van der Waals surface area contributed by atoms with Gasteiger partial charge in [-0.1, -0.05) is 56.2 Å². The summed E-state index contributed by atoms with van der Waals surface area (Å²) in [4.78, 5) is 0. The molecule has 1 saturated heterocycles. The molecule has 2 aromatic carbocycles. The zero-order valence-corrected chi connectivity index (χ0v) is 20.7. The summed E-state index contributed by atoms with van der Waals surface area (Å²) < 4.78 is 49.7. The van der Waals surface area contributed by atoms with E-state index in [4.69, 9.17) is 4.74 Å². The molecular weight excluding hydrogens is 445 g/mol. The lowest BCUT2D eigenvalue weighted by molar-refractivity contribution is 0.302. The molecule has 2 saturated carbocycles. The molecule has 0 aromatic heterocycles. The van der Waals surface area contributed by atoms with E-state index in [0.717, 1.165) is 62.8 Å². The van der Waals surface area contributed by atoms with E-state index in [1.165, 1.54) is 12.8 Å². The Labute approximate surface area is 207 Å². The van der Waals surface area contributed by atoms with Crippen molar-refractivity contribution < 1.29 is 17.9 Å². The molecular formula is C31H37F3O. The molecule has 2 aromatic rings. The molecule has 0 N–H and O–H groups in total. The maximum absolute atomic E-state index is 15.2. The van der Waals surface area contributed by atoms with Crippen LogP contribution in [0, 0.1) is 29.3 Å². The number of epoxide rings is 1. The summed E-state index contributed by atoms with van der Waals surface area (Å²) >= 11 is 0. The summed E-state index contributed by atoms with van der Waals surface area (Å²) in [6.45, 7) is 2.82. The standard InChI is InChI=1S/C31H37F3O/c1-2-3-20-6-11-23(12-7-20)25-16-17-26(31(34)30(25)33)24-13-8-21(9-14-24)4-5-22-10-15-27(28(32)18-22)29-19-35-29/h4-5,10,15-18,20-21,23-24,29H,2-3,6-9,11-14,19H2,1H3/b5-4+. The van der Waals surface area contributed by atoms with Gasteiger partial charge in [0.25, 0.3) is 0 Å². The fraction of sp³-hybridized carbons (Fsp3) is 0.548. The monoisotopic (exact) mass is 482 g/mol. The highest BCUT2D eigenvalue weighted by atomic mass is 19.2. The van der Waals surface area contributed by atoms with Crippen molar-refractivity contribution in [3.8, 4) is 0 Å². The van der Waals surface area contributed by atoms with Gasteiger partial charge in [0.2, 0.25) is 0 Å². The molecule has 1 atom stereocenters. The van der Waals surface area contributed by atoms with Gasteiger partial charge in [-0.2, -0.15) is 0 Å².